The highest BCUT2D eigenvalue weighted by Gasteiger charge is 2.14. The lowest BCUT2D eigenvalue weighted by Crippen LogP contribution is -2.08. The maximum atomic E-state index is 14.1. The summed E-state index contributed by atoms with van der Waals surface area (Å²) in [6, 6.07) is 3.37. The van der Waals surface area contributed by atoms with Gasteiger partial charge in [-0.3, -0.25) is 9.48 Å². The predicted molar refractivity (Wildman–Crippen MR) is 68.4 cm³/mol. The van der Waals surface area contributed by atoms with E-state index in [9.17, 15) is 9.18 Å². The molecule has 0 saturated heterocycles. The molecular weight excluding hydrogens is 257 g/mol. The van der Waals surface area contributed by atoms with Gasteiger partial charge in [0.2, 0.25) is 0 Å². The maximum absolute atomic E-state index is 14.1. The van der Waals surface area contributed by atoms with Gasteiger partial charge in [-0.1, -0.05) is 12.1 Å². The molecule has 1 aromatic carbocycles. The van der Waals surface area contributed by atoms with Crippen LogP contribution < -0.4 is 5.56 Å². The number of H-pyrrole nitrogens is 1. The number of nitrogens with one attached hydrogen (secondary N) is 1. The molecule has 0 spiro atoms. The second kappa shape index (κ2) is 3.81. The van der Waals surface area contributed by atoms with Gasteiger partial charge in [-0.2, -0.15) is 5.10 Å². The number of aromatic amines is 1. The Morgan fingerprint density at radius 2 is 2.22 bits per heavy atom. The van der Waals surface area contributed by atoms with Crippen LogP contribution in [0, 0.1) is 5.82 Å². The Morgan fingerprint density at radius 3 is 2.94 bits per heavy atom. The monoisotopic (exact) mass is 265 g/mol. The average molecular weight is 266 g/mol. The minimum absolute atomic E-state index is 0.0627. The van der Waals surface area contributed by atoms with Crippen LogP contribution in [0.1, 0.15) is 5.56 Å². The number of pyridine rings is 1. The molecule has 6 heteroatoms. The first-order valence-corrected chi connectivity index (χ1v) is 5.88. The van der Waals surface area contributed by atoms with Gasteiger partial charge in [0.15, 0.2) is 5.82 Å². The Kier molecular flexibility index (Phi) is 2.38. The molecule has 18 heavy (non-hydrogen) atoms. The molecule has 0 amide bonds. The maximum Gasteiger partial charge on any atom is 0.259 e. The van der Waals surface area contributed by atoms with Crippen LogP contribution in [0.5, 0.6) is 0 Å². The second-order valence-electron chi connectivity index (χ2n) is 4.08. The van der Waals surface area contributed by atoms with Crippen LogP contribution in [0.4, 0.5) is 4.39 Å². The summed E-state index contributed by atoms with van der Waals surface area (Å²) in [7, 11) is 1.72. The van der Waals surface area contributed by atoms with Gasteiger partial charge in [0, 0.05) is 18.0 Å². The highest BCUT2D eigenvalue weighted by Crippen LogP contribution is 2.25. The fourth-order valence-corrected chi connectivity index (χ4v) is 2.35. The lowest BCUT2D eigenvalue weighted by atomic mass is 10.1. The van der Waals surface area contributed by atoms with Crippen LogP contribution in [0.2, 0.25) is 0 Å². The third-order valence-electron chi connectivity index (χ3n) is 3.04. The first-order valence-electron chi connectivity index (χ1n) is 5.34. The Morgan fingerprint density at radius 1 is 1.44 bits per heavy atom. The Hall–Kier alpha value is -1.88. The van der Waals surface area contributed by atoms with Gasteiger partial charge >= 0.3 is 0 Å². The minimum Gasteiger partial charge on any atom is -0.319 e. The van der Waals surface area contributed by atoms with Crippen LogP contribution in [0.25, 0.3) is 21.8 Å². The summed E-state index contributed by atoms with van der Waals surface area (Å²) in [5, 5.41) is 5.10. The summed E-state index contributed by atoms with van der Waals surface area (Å²) in [6.07, 6.45) is 1.47. The van der Waals surface area contributed by atoms with Gasteiger partial charge in [0.1, 0.15) is 0 Å². The molecule has 4 nitrogen and oxygen atoms in total. The van der Waals surface area contributed by atoms with Gasteiger partial charge in [0.05, 0.1) is 28.5 Å². The summed E-state index contributed by atoms with van der Waals surface area (Å²) in [6.45, 7) is 0. The molecule has 0 radical (unpaired) electrons. The van der Waals surface area contributed by atoms with Crippen molar-refractivity contribution in [2.75, 3.05) is 0 Å². The molecule has 0 saturated carbocycles. The fraction of sp³-hybridized carbons (Fsp3) is 0.167. The van der Waals surface area contributed by atoms with Gasteiger partial charge in [-0.05, 0) is 0 Å². The Bertz CT molecular complexity index is 821. The van der Waals surface area contributed by atoms with Crippen LogP contribution in [-0.4, -0.2) is 14.8 Å². The van der Waals surface area contributed by atoms with Crippen molar-refractivity contribution in [3.63, 3.8) is 0 Å². The topological polar surface area (TPSA) is 50.7 Å². The smallest absolute Gasteiger partial charge is 0.259 e. The first-order chi connectivity index (χ1) is 8.63. The Balaban J connectivity index is 2.61. The standard InChI is InChI=1S/C12H9ClFN3O/c1-17-11-7-3-2-6(4-13)9(14)10(7)16-12(18)8(11)5-15-17/h2-3,5H,4H2,1H3,(H,16,18). The number of hydrogen-bond acceptors (Lipinski definition) is 2. The molecule has 0 aliphatic rings. The molecule has 0 atom stereocenters. The van der Waals surface area contributed by atoms with Crippen LogP contribution >= 0.6 is 11.6 Å². The second-order valence-corrected chi connectivity index (χ2v) is 4.35. The van der Waals surface area contributed by atoms with Crippen LogP contribution in [-0.2, 0) is 12.9 Å². The molecule has 2 heterocycles. The quantitative estimate of drug-likeness (QED) is 0.687. The zero-order valence-corrected chi connectivity index (χ0v) is 10.3. The van der Waals surface area contributed by atoms with E-state index in [0.29, 0.717) is 21.9 Å². The summed E-state index contributed by atoms with van der Waals surface area (Å²) >= 11 is 5.65. The summed E-state index contributed by atoms with van der Waals surface area (Å²) in [5.41, 5.74) is 0.806. The van der Waals surface area contributed by atoms with E-state index in [1.54, 1.807) is 23.9 Å². The zero-order valence-electron chi connectivity index (χ0n) is 9.50. The predicted octanol–water partition coefficient (Wildman–Crippen LogP) is 2.29. The number of aromatic nitrogens is 3. The van der Waals surface area contributed by atoms with E-state index in [1.165, 1.54) is 6.20 Å². The number of benzene rings is 1. The molecule has 0 fully saturated rings. The third-order valence-corrected chi connectivity index (χ3v) is 3.33. The number of rotatable bonds is 1. The van der Waals surface area contributed by atoms with Crippen molar-refractivity contribution in [1.29, 1.82) is 0 Å². The minimum atomic E-state index is -0.484. The lowest BCUT2D eigenvalue weighted by molar-refractivity contribution is 0.626. The van der Waals surface area contributed by atoms with E-state index in [4.69, 9.17) is 11.6 Å². The Labute approximate surface area is 106 Å². The summed E-state index contributed by atoms with van der Waals surface area (Å²) < 4.78 is 15.7. The molecule has 1 N–H and O–H groups in total. The van der Waals surface area contributed by atoms with Crippen molar-refractivity contribution in [2.45, 2.75) is 5.88 Å². The van der Waals surface area contributed by atoms with Crippen LogP contribution in [0.3, 0.4) is 0 Å². The van der Waals surface area contributed by atoms with Gasteiger partial charge in [-0.25, -0.2) is 4.39 Å². The molecule has 0 aliphatic heterocycles. The molecule has 0 unspecified atom stereocenters. The lowest BCUT2D eigenvalue weighted by Gasteiger charge is -2.05. The average Bonchev–Trinajstić information content (AvgIpc) is 2.74. The van der Waals surface area contributed by atoms with E-state index >= 15 is 0 Å². The SMILES string of the molecule is Cn1ncc2c(=O)[nH]c3c(F)c(CCl)ccc3c21. The van der Waals surface area contributed by atoms with Gasteiger partial charge in [-0.15, -0.1) is 11.6 Å². The number of halogens is 2. The van der Waals surface area contributed by atoms with Crippen molar-refractivity contribution in [1.82, 2.24) is 14.8 Å². The molecule has 2 aromatic heterocycles. The number of alkyl halides is 1. The van der Waals surface area contributed by atoms with E-state index in [1.807, 2.05) is 0 Å². The van der Waals surface area contributed by atoms with Crippen molar-refractivity contribution >= 4 is 33.4 Å². The van der Waals surface area contributed by atoms with Crippen LogP contribution in [0.15, 0.2) is 23.1 Å². The van der Waals surface area contributed by atoms with Crippen molar-refractivity contribution in [3.05, 3.63) is 40.1 Å². The number of fused-ring (bicyclic) bond motifs is 3. The summed E-state index contributed by atoms with van der Waals surface area (Å²) in [5.74, 6) is -0.421. The van der Waals surface area contributed by atoms with Gasteiger partial charge < -0.3 is 4.98 Å². The largest absolute Gasteiger partial charge is 0.319 e. The van der Waals surface area contributed by atoms with Crippen molar-refractivity contribution in [3.8, 4) is 0 Å². The van der Waals surface area contributed by atoms with Crippen molar-refractivity contribution in [2.24, 2.45) is 7.05 Å². The summed E-state index contributed by atoms with van der Waals surface area (Å²) in [4.78, 5) is 14.4. The third kappa shape index (κ3) is 1.37. The van der Waals surface area contributed by atoms with E-state index in [2.05, 4.69) is 10.1 Å². The molecule has 92 valence electrons. The number of nitrogens with zero attached hydrogens (tertiary/aromatic N) is 2. The zero-order chi connectivity index (χ0) is 12.9. The van der Waals surface area contributed by atoms with E-state index in [-0.39, 0.29) is 17.0 Å². The van der Waals surface area contributed by atoms with E-state index in [0.717, 1.165) is 0 Å². The van der Waals surface area contributed by atoms with Crippen molar-refractivity contribution < 1.29 is 4.39 Å². The van der Waals surface area contributed by atoms with Gasteiger partial charge in [0.25, 0.3) is 5.56 Å². The molecule has 0 bridgehead atoms. The molecule has 3 rings (SSSR count). The molecule has 0 aliphatic carbocycles. The van der Waals surface area contributed by atoms with E-state index < -0.39 is 5.82 Å². The molecular formula is C12H9ClFN3O. The fourth-order valence-electron chi connectivity index (χ4n) is 2.15. The number of aryl methyl sites for hydroxylation is 1. The first kappa shape index (κ1) is 11.2. The normalized spacial score (nSPS) is 11.5. The highest BCUT2D eigenvalue weighted by atomic mass is 35.5. The molecule has 3 aromatic rings. The highest BCUT2D eigenvalue weighted by molar-refractivity contribution is 6.17. The number of hydrogen-bond donors (Lipinski definition) is 1.